The maximum Gasteiger partial charge on any atom is 0.273 e. The van der Waals surface area contributed by atoms with Gasteiger partial charge in [0.2, 0.25) is 0 Å². The molecule has 0 aliphatic carbocycles. The molecule has 0 N–H and O–H groups in total. The molecule has 44 heavy (non-hydrogen) atoms. The Hall–Kier alpha value is -5.24. The Labute approximate surface area is 254 Å². The van der Waals surface area contributed by atoms with E-state index >= 15 is 0 Å². The molecule has 8 nitrogen and oxygen atoms in total. The maximum atomic E-state index is 6.11. The number of fused-ring (bicyclic) bond motifs is 14. The summed E-state index contributed by atoms with van der Waals surface area (Å²) < 4.78 is 24.4. The molecule has 216 valence electrons. The molecule has 5 heterocycles. The molecule has 0 spiro atoms. The third-order valence-corrected chi connectivity index (χ3v) is 8.68. The van der Waals surface area contributed by atoms with Gasteiger partial charge in [0.1, 0.15) is 50.6 Å². The molecule has 0 radical (unpaired) electrons. The van der Waals surface area contributed by atoms with Gasteiger partial charge < -0.3 is 18.9 Å². The maximum absolute atomic E-state index is 6.11. The van der Waals surface area contributed by atoms with Gasteiger partial charge in [0, 0.05) is 0 Å². The minimum atomic E-state index is -0.196. The topological polar surface area (TPSA) is 86.4 Å². The Kier molecular flexibility index (Phi) is 5.85. The first-order valence-corrected chi connectivity index (χ1v) is 15.0. The van der Waals surface area contributed by atoms with Crippen LogP contribution in [0, 0.1) is 0 Å². The van der Waals surface area contributed by atoms with Gasteiger partial charge in [-0.05, 0) is 68.8 Å². The first-order chi connectivity index (χ1) is 21.7. The summed E-state index contributed by atoms with van der Waals surface area (Å²) in [6.45, 7) is 1.65. The molecule has 0 amide bonds. The zero-order valence-electron chi connectivity index (χ0n) is 23.8. The van der Waals surface area contributed by atoms with E-state index < -0.39 is 0 Å². The van der Waals surface area contributed by atoms with Gasteiger partial charge in [-0.3, -0.25) is 0 Å². The fourth-order valence-corrected chi connectivity index (χ4v) is 6.36. The molecule has 12 bridgehead atoms. The SMILES string of the molecule is c1ccc(-c2cc3cc(c2)C2COC(=N2)C2=NC(CO2)c2cc(-c4ccccc4)cc(c2)C2COC(=N2)C2=NC3CO2)cc1. The number of hydrogen-bond acceptors (Lipinski definition) is 8. The van der Waals surface area contributed by atoms with Crippen LogP contribution < -0.4 is 0 Å². The van der Waals surface area contributed by atoms with Crippen molar-refractivity contribution in [2.45, 2.75) is 24.2 Å². The molecule has 5 aliphatic heterocycles. The van der Waals surface area contributed by atoms with E-state index in [0.717, 1.165) is 44.5 Å². The second-order valence-corrected chi connectivity index (χ2v) is 11.6. The van der Waals surface area contributed by atoms with Crippen LogP contribution >= 0.6 is 0 Å². The van der Waals surface area contributed by atoms with Gasteiger partial charge in [-0.1, -0.05) is 72.8 Å². The normalized spacial score (nSPS) is 24.4. The molecule has 5 aliphatic rings. The van der Waals surface area contributed by atoms with Crippen LogP contribution in [0.3, 0.4) is 0 Å². The van der Waals surface area contributed by atoms with Crippen molar-refractivity contribution in [3.05, 3.63) is 119 Å². The van der Waals surface area contributed by atoms with Gasteiger partial charge in [-0.2, -0.15) is 0 Å². The van der Waals surface area contributed by atoms with Crippen molar-refractivity contribution in [2.24, 2.45) is 20.0 Å². The number of hydrogen-bond donors (Lipinski definition) is 0. The summed E-state index contributed by atoms with van der Waals surface area (Å²) in [7, 11) is 0. The van der Waals surface area contributed by atoms with Crippen LogP contribution in [0.25, 0.3) is 22.3 Å². The van der Waals surface area contributed by atoms with Crippen LogP contribution in [-0.4, -0.2) is 50.0 Å². The number of benzene rings is 4. The molecule has 0 saturated carbocycles. The zero-order valence-corrected chi connectivity index (χ0v) is 23.8. The summed E-state index contributed by atoms with van der Waals surface area (Å²) in [6, 6.07) is 33.0. The molecule has 8 heteroatoms. The van der Waals surface area contributed by atoms with E-state index in [1.54, 1.807) is 0 Å². The highest BCUT2D eigenvalue weighted by atomic mass is 16.6. The third kappa shape index (κ3) is 4.45. The highest BCUT2D eigenvalue weighted by Crippen LogP contribution is 2.37. The zero-order chi connectivity index (χ0) is 29.0. The van der Waals surface area contributed by atoms with E-state index in [9.17, 15) is 0 Å². The van der Waals surface area contributed by atoms with E-state index in [1.165, 1.54) is 0 Å². The summed E-state index contributed by atoms with van der Waals surface area (Å²) in [5, 5.41) is 0. The van der Waals surface area contributed by atoms with E-state index in [1.807, 2.05) is 36.4 Å². The average Bonchev–Trinajstić information content (AvgIpc) is 3.91. The predicted octanol–water partition coefficient (Wildman–Crippen LogP) is 6.61. The van der Waals surface area contributed by atoms with Crippen LogP contribution in [-0.2, 0) is 18.9 Å². The monoisotopic (exact) mass is 580 g/mol. The van der Waals surface area contributed by atoms with E-state index in [-0.39, 0.29) is 24.2 Å². The molecule has 4 atom stereocenters. The number of rotatable bonds is 2. The van der Waals surface area contributed by atoms with Crippen molar-refractivity contribution in [3.8, 4) is 22.3 Å². The first-order valence-electron chi connectivity index (χ1n) is 15.0. The Morgan fingerprint density at radius 2 is 0.659 bits per heavy atom. The Balaban J connectivity index is 1.19. The molecule has 4 aromatic rings. The Morgan fingerprint density at radius 3 is 0.955 bits per heavy atom. The molecule has 9 rings (SSSR count). The van der Waals surface area contributed by atoms with E-state index in [2.05, 4.69) is 60.7 Å². The van der Waals surface area contributed by atoms with Gasteiger partial charge >= 0.3 is 0 Å². The van der Waals surface area contributed by atoms with Gasteiger partial charge in [-0.25, -0.2) is 20.0 Å². The highest BCUT2D eigenvalue weighted by Gasteiger charge is 2.35. The fraction of sp³-hybridized carbons (Fsp3) is 0.222. The lowest BCUT2D eigenvalue weighted by molar-refractivity contribution is 0.293. The quantitative estimate of drug-likeness (QED) is 0.267. The second kappa shape index (κ2) is 10.2. The van der Waals surface area contributed by atoms with Crippen LogP contribution in [0.4, 0.5) is 0 Å². The van der Waals surface area contributed by atoms with Crippen molar-refractivity contribution in [1.82, 2.24) is 0 Å². The van der Waals surface area contributed by atoms with Crippen molar-refractivity contribution in [3.63, 3.8) is 0 Å². The predicted molar refractivity (Wildman–Crippen MR) is 168 cm³/mol. The van der Waals surface area contributed by atoms with Crippen molar-refractivity contribution in [1.29, 1.82) is 0 Å². The minimum absolute atomic E-state index is 0.196. The van der Waals surface area contributed by atoms with Crippen molar-refractivity contribution >= 4 is 23.6 Å². The average molecular weight is 581 g/mol. The largest absolute Gasteiger partial charge is 0.471 e. The standard InChI is InChI=1S/C36H28N4O4/c1-3-7-21(8-4-1)23-11-25-15-26(12-23)30-18-42-34(38-30)36-40-32(20-44-36)28-14-24(22-9-5-2-6-10-22)13-27(16-28)31-19-43-35(39-31)33-37-29(25)17-41-33/h1-16,29-32H,17-20H2. The van der Waals surface area contributed by atoms with Gasteiger partial charge in [-0.15, -0.1) is 0 Å². The lowest BCUT2D eigenvalue weighted by Crippen LogP contribution is -2.14. The number of aliphatic imine (C=N–C) groups is 4. The van der Waals surface area contributed by atoms with Gasteiger partial charge in [0.05, 0.1) is 0 Å². The number of nitrogens with zero attached hydrogens (tertiary/aromatic N) is 4. The highest BCUT2D eigenvalue weighted by molar-refractivity contribution is 6.36. The van der Waals surface area contributed by atoms with E-state index in [0.29, 0.717) is 50.0 Å². The van der Waals surface area contributed by atoms with Crippen LogP contribution in [0.1, 0.15) is 46.4 Å². The molecule has 0 saturated heterocycles. The molecule has 0 fully saturated rings. The smallest absolute Gasteiger partial charge is 0.273 e. The second-order valence-electron chi connectivity index (χ2n) is 11.6. The van der Waals surface area contributed by atoms with E-state index in [4.69, 9.17) is 38.9 Å². The van der Waals surface area contributed by atoms with Crippen LogP contribution in [0.2, 0.25) is 0 Å². The summed E-state index contributed by atoms with van der Waals surface area (Å²) in [5.74, 6) is 1.81. The van der Waals surface area contributed by atoms with Crippen molar-refractivity contribution in [2.75, 3.05) is 26.4 Å². The minimum Gasteiger partial charge on any atom is -0.471 e. The van der Waals surface area contributed by atoms with Crippen LogP contribution in [0.15, 0.2) is 117 Å². The fourth-order valence-electron chi connectivity index (χ4n) is 6.36. The van der Waals surface area contributed by atoms with Gasteiger partial charge in [0.25, 0.3) is 23.6 Å². The summed E-state index contributed by atoms with van der Waals surface area (Å²) in [5.41, 5.74) is 8.62. The summed E-state index contributed by atoms with van der Waals surface area (Å²) >= 11 is 0. The summed E-state index contributed by atoms with van der Waals surface area (Å²) in [6.07, 6.45) is 0. The molecular formula is C36H28N4O4. The molecular weight excluding hydrogens is 552 g/mol. The Bertz CT molecular complexity index is 1670. The molecule has 4 aromatic carbocycles. The lowest BCUT2D eigenvalue weighted by Gasteiger charge is -2.14. The summed E-state index contributed by atoms with van der Waals surface area (Å²) in [4.78, 5) is 19.8. The van der Waals surface area contributed by atoms with Crippen LogP contribution in [0.5, 0.6) is 0 Å². The Morgan fingerprint density at radius 1 is 0.364 bits per heavy atom. The number of ether oxygens (including phenoxy) is 4. The van der Waals surface area contributed by atoms with Crippen molar-refractivity contribution < 1.29 is 18.9 Å². The van der Waals surface area contributed by atoms with Gasteiger partial charge in [0.15, 0.2) is 0 Å². The lowest BCUT2D eigenvalue weighted by atomic mass is 9.94. The third-order valence-electron chi connectivity index (χ3n) is 8.68. The molecule has 0 aromatic heterocycles. The molecule has 4 unspecified atom stereocenters. The first kappa shape index (κ1) is 25.3.